The summed E-state index contributed by atoms with van der Waals surface area (Å²) in [4.78, 5) is 0. The summed E-state index contributed by atoms with van der Waals surface area (Å²) in [5, 5.41) is 0. The van der Waals surface area contributed by atoms with Crippen molar-refractivity contribution >= 4 is 7.92 Å². The van der Waals surface area contributed by atoms with E-state index in [0.29, 0.717) is 7.92 Å². The normalized spacial score (nSPS) is 55.5. The van der Waals surface area contributed by atoms with Gasteiger partial charge in [0.2, 0.25) is 0 Å². The zero-order chi connectivity index (χ0) is 6.31. The average molecular weight is 130 g/mol. The molecule has 1 rings (SSSR count). The maximum absolute atomic E-state index is 2.42. The summed E-state index contributed by atoms with van der Waals surface area (Å²) in [5.41, 5.74) is 2.08. The lowest BCUT2D eigenvalue weighted by molar-refractivity contribution is 0.502. The maximum atomic E-state index is 2.42. The first-order valence-corrected chi connectivity index (χ1v) is 5.29. The van der Waals surface area contributed by atoms with Gasteiger partial charge in [0, 0.05) is 0 Å². The van der Waals surface area contributed by atoms with Crippen LogP contribution in [0.5, 0.6) is 0 Å². The summed E-state index contributed by atoms with van der Waals surface area (Å²) in [6, 6.07) is 0. The van der Waals surface area contributed by atoms with Crippen LogP contribution in [-0.4, -0.2) is 18.0 Å². The van der Waals surface area contributed by atoms with Crippen molar-refractivity contribution in [3.8, 4) is 0 Å². The molecule has 2 unspecified atom stereocenters. The highest BCUT2D eigenvalue weighted by molar-refractivity contribution is 7.60. The highest BCUT2D eigenvalue weighted by atomic mass is 31.1. The topological polar surface area (TPSA) is 0 Å². The molecule has 1 fully saturated rings. The molecule has 48 valence electrons. The third kappa shape index (κ3) is 0.702. The van der Waals surface area contributed by atoms with Crippen molar-refractivity contribution in [3.63, 3.8) is 0 Å². The highest BCUT2D eigenvalue weighted by Crippen LogP contribution is 2.59. The monoisotopic (exact) mass is 130 g/mol. The first-order valence-electron chi connectivity index (χ1n) is 3.36. The summed E-state index contributed by atoms with van der Waals surface area (Å²) < 4.78 is 0. The van der Waals surface area contributed by atoms with E-state index in [-0.39, 0.29) is 0 Å². The van der Waals surface area contributed by atoms with Crippen LogP contribution in [0.25, 0.3) is 0 Å². The van der Waals surface area contributed by atoms with E-state index in [4.69, 9.17) is 0 Å². The van der Waals surface area contributed by atoms with E-state index >= 15 is 0 Å². The van der Waals surface area contributed by atoms with E-state index in [1.165, 1.54) is 0 Å². The fourth-order valence-electron chi connectivity index (χ4n) is 1.41. The predicted molar refractivity (Wildman–Crippen MR) is 40.9 cm³/mol. The second kappa shape index (κ2) is 1.99. The zero-order valence-corrected chi connectivity index (χ0v) is 7.07. The van der Waals surface area contributed by atoms with E-state index in [0.717, 1.165) is 17.2 Å². The predicted octanol–water partition coefficient (Wildman–Crippen LogP) is 2.52. The van der Waals surface area contributed by atoms with Gasteiger partial charge in [0.25, 0.3) is 0 Å². The highest BCUT2D eigenvalue weighted by Gasteiger charge is 2.37. The van der Waals surface area contributed by atoms with Gasteiger partial charge in [-0.15, -0.1) is 7.92 Å². The van der Waals surface area contributed by atoms with Crippen LogP contribution in [0.2, 0.25) is 0 Å². The lowest BCUT2D eigenvalue weighted by atomic mass is 10.0. The molecule has 0 aromatic carbocycles. The number of rotatable bonds is 0. The molecule has 1 heterocycles. The average Bonchev–Trinajstić information content (AvgIpc) is 1.83. The molecule has 1 saturated heterocycles. The Morgan fingerprint density at radius 1 is 1.00 bits per heavy atom. The molecule has 0 saturated carbocycles. The Balaban J connectivity index is 2.42. The maximum Gasteiger partial charge on any atom is -0.0206 e. The molecule has 1 aliphatic rings. The van der Waals surface area contributed by atoms with Gasteiger partial charge in [-0.05, 0) is 23.9 Å². The Morgan fingerprint density at radius 3 is 1.50 bits per heavy atom. The molecule has 1 aliphatic heterocycles. The second-order valence-corrected chi connectivity index (χ2v) is 5.97. The summed E-state index contributed by atoms with van der Waals surface area (Å²) >= 11 is 0. The van der Waals surface area contributed by atoms with E-state index in [2.05, 4.69) is 27.4 Å². The van der Waals surface area contributed by atoms with Crippen LogP contribution in [0.4, 0.5) is 0 Å². The molecule has 2 atom stereocenters. The molecule has 0 aromatic rings. The fourth-order valence-corrected chi connectivity index (χ4v) is 3.86. The lowest BCUT2D eigenvalue weighted by Gasteiger charge is -2.46. The minimum absolute atomic E-state index is 0.421. The third-order valence-electron chi connectivity index (χ3n) is 2.81. The molecule has 1 heteroatoms. The van der Waals surface area contributed by atoms with Gasteiger partial charge >= 0.3 is 0 Å². The van der Waals surface area contributed by atoms with Crippen molar-refractivity contribution in [1.82, 2.24) is 0 Å². The van der Waals surface area contributed by atoms with Crippen LogP contribution >= 0.6 is 7.92 Å². The van der Waals surface area contributed by atoms with E-state index in [1.54, 1.807) is 0 Å². The van der Waals surface area contributed by atoms with Crippen molar-refractivity contribution in [1.29, 1.82) is 0 Å². The molecule has 8 heavy (non-hydrogen) atoms. The Morgan fingerprint density at radius 2 is 1.38 bits per heavy atom. The summed E-state index contributed by atoms with van der Waals surface area (Å²) in [6.07, 6.45) is 0. The van der Waals surface area contributed by atoms with Crippen molar-refractivity contribution in [3.05, 3.63) is 0 Å². The minimum Gasteiger partial charge on any atom is -0.104 e. The summed E-state index contributed by atoms with van der Waals surface area (Å²) in [7, 11) is 0.421. The quantitative estimate of drug-likeness (QED) is 0.442. The standard InChI is InChI=1S/C7H15P/c1-5-6(2)8(4)7(5)3/h5-7H,1-4H3. The van der Waals surface area contributed by atoms with Gasteiger partial charge in [0.05, 0.1) is 0 Å². The van der Waals surface area contributed by atoms with Crippen molar-refractivity contribution in [2.24, 2.45) is 5.92 Å². The van der Waals surface area contributed by atoms with Gasteiger partial charge in [-0.2, -0.15) is 0 Å². The largest absolute Gasteiger partial charge is 0.104 e. The van der Waals surface area contributed by atoms with E-state index < -0.39 is 0 Å². The van der Waals surface area contributed by atoms with Crippen molar-refractivity contribution in [2.45, 2.75) is 32.1 Å². The summed E-state index contributed by atoms with van der Waals surface area (Å²) in [5.74, 6) is 1.01. The van der Waals surface area contributed by atoms with Crippen LogP contribution in [0, 0.1) is 5.92 Å². The molecule has 0 bridgehead atoms. The third-order valence-corrected chi connectivity index (χ3v) is 6.32. The molecule has 0 N–H and O–H groups in total. The Kier molecular flexibility index (Phi) is 1.63. The van der Waals surface area contributed by atoms with Crippen LogP contribution < -0.4 is 0 Å². The lowest BCUT2D eigenvalue weighted by Crippen LogP contribution is -2.35. The number of hydrogen-bond donors (Lipinski definition) is 0. The Hall–Kier alpha value is 0.430. The van der Waals surface area contributed by atoms with Gasteiger partial charge in [-0.25, -0.2) is 0 Å². The molecular formula is C7H15P. The Labute approximate surface area is 53.4 Å². The molecular weight excluding hydrogens is 115 g/mol. The SMILES string of the molecule is CC1C(C)P(C)C1C. The van der Waals surface area contributed by atoms with Crippen LogP contribution in [0.15, 0.2) is 0 Å². The second-order valence-electron chi connectivity index (χ2n) is 3.01. The van der Waals surface area contributed by atoms with Gasteiger partial charge in [0.15, 0.2) is 0 Å². The molecule has 0 aromatic heterocycles. The molecule has 0 nitrogen and oxygen atoms in total. The van der Waals surface area contributed by atoms with Crippen LogP contribution in [-0.2, 0) is 0 Å². The molecule has 0 spiro atoms. The smallest absolute Gasteiger partial charge is 0.0206 e. The minimum atomic E-state index is 0.421. The van der Waals surface area contributed by atoms with E-state index in [9.17, 15) is 0 Å². The zero-order valence-electron chi connectivity index (χ0n) is 6.18. The molecule has 0 radical (unpaired) electrons. The van der Waals surface area contributed by atoms with Crippen LogP contribution in [0.3, 0.4) is 0 Å². The number of hydrogen-bond acceptors (Lipinski definition) is 0. The Bertz CT molecular complexity index is 58.4. The van der Waals surface area contributed by atoms with Crippen molar-refractivity contribution in [2.75, 3.05) is 6.66 Å². The van der Waals surface area contributed by atoms with E-state index in [1.807, 2.05) is 0 Å². The van der Waals surface area contributed by atoms with Gasteiger partial charge in [-0.3, -0.25) is 0 Å². The van der Waals surface area contributed by atoms with Gasteiger partial charge in [-0.1, -0.05) is 20.8 Å². The summed E-state index contributed by atoms with van der Waals surface area (Å²) in [6.45, 7) is 9.56. The first kappa shape index (κ1) is 6.55. The fraction of sp³-hybridized carbons (Fsp3) is 1.00. The van der Waals surface area contributed by atoms with Gasteiger partial charge in [0.1, 0.15) is 0 Å². The van der Waals surface area contributed by atoms with Crippen molar-refractivity contribution < 1.29 is 0 Å². The van der Waals surface area contributed by atoms with Crippen LogP contribution in [0.1, 0.15) is 20.8 Å². The first-order chi connectivity index (χ1) is 3.64. The molecule has 0 aliphatic carbocycles. The molecule has 0 amide bonds. The van der Waals surface area contributed by atoms with Gasteiger partial charge < -0.3 is 0 Å².